The number of aliphatic hydroxyl groups excluding tert-OH is 1. The topological polar surface area (TPSA) is 65.9 Å². The van der Waals surface area contributed by atoms with Gasteiger partial charge in [0.15, 0.2) is 17.9 Å². The van der Waals surface area contributed by atoms with Crippen LogP contribution in [-0.2, 0) is 6.18 Å². The Bertz CT molecular complexity index is 1210. The number of hydrogen-bond donors (Lipinski definition) is 3. The van der Waals surface area contributed by atoms with Crippen LogP contribution in [0.25, 0.3) is 10.9 Å². The van der Waals surface area contributed by atoms with Crippen LogP contribution in [0.2, 0.25) is 0 Å². The fourth-order valence-electron chi connectivity index (χ4n) is 3.28. The van der Waals surface area contributed by atoms with Crippen LogP contribution in [0.4, 0.5) is 27.6 Å². The van der Waals surface area contributed by atoms with Crippen molar-refractivity contribution in [1.29, 1.82) is 0 Å². The van der Waals surface area contributed by atoms with Crippen LogP contribution in [0.5, 0.6) is 0 Å². The molecule has 0 aliphatic heterocycles. The fraction of sp³-hybridized carbons (Fsp3) is 0.190. The van der Waals surface area contributed by atoms with E-state index in [0.717, 1.165) is 24.3 Å². The summed E-state index contributed by atoms with van der Waals surface area (Å²) in [4.78, 5) is 2.79. The standard InChI is InChI=1S/C21H17F5N4O/c1-11(12-2-4-14(5-3-12)21(24,25)26)30-10-13(8-28-30)20(31)29-19-9-27-18-7-17(23)16(22)6-15(18)19/h2-11,20,27,29,31H,1H3. The SMILES string of the molecule is CC(c1ccc(C(F)(F)F)cc1)n1cc(C(O)Nc2c[nH]c3cc(F)c(F)cc23)cn1. The quantitative estimate of drug-likeness (QED) is 0.291. The zero-order valence-corrected chi connectivity index (χ0v) is 16.1. The Labute approximate surface area is 173 Å². The number of rotatable bonds is 5. The summed E-state index contributed by atoms with van der Waals surface area (Å²) in [7, 11) is 0. The van der Waals surface area contributed by atoms with Crippen LogP contribution in [0.15, 0.2) is 55.0 Å². The van der Waals surface area contributed by atoms with E-state index in [0.29, 0.717) is 27.7 Å². The van der Waals surface area contributed by atoms with Crippen LogP contribution in [-0.4, -0.2) is 19.9 Å². The lowest BCUT2D eigenvalue weighted by molar-refractivity contribution is -0.137. The van der Waals surface area contributed by atoms with Crippen molar-refractivity contribution in [2.75, 3.05) is 5.32 Å². The van der Waals surface area contributed by atoms with Gasteiger partial charge in [-0.05, 0) is 30.7 Å². The van der Waals surface area contributed by atoms with Crippen molar-refractivity contribution in [3.05, 3.63) is 83.3 Å². The van der Waals surface area contributed by atoms with Crippen LogP contribution in [0.1, 0.15) is 35.9 Å². The molecule has 0 spiro atoms. The first-order valence-electron chi connectivity index (χ1n) is 9.25. The van der Waals surface area contributed by atoms with Gasteiger partial charge < -0.3 is 15.4 Å². The van der Waals surface area contributed by atoms with Gasteiger partial charge in [0.2, 0.25) is 0 Å². The molecule has 0 radical (unpaired) electrons. The Balaban J connectivity index is 1.51. The molecular formula is C21H17F5N4O. The van der Waals surface area contributed by atoms with Gasteiger partial charge in [-0.2, -0.15) is 18.3 Å². The molecule has 162 valence electrons. The van der Waals surface area contributed by atoms with Crippen LogP contribution >= 0.6 is 0 Å². The second kappa shape index (κ2) is 7.69. The third kappa shape index (κ3) is 4.11. The highest BCUT2D eigenvalue weighted by Gasteiger charge is 2.30. The van der Waals surface area contributed by atoms with Gasteiger partial charge in [-0.1, -0.05) is 12.1 Å². The molecule has 0 aliphatic carbocycles. The summed E-state index contributed by atoms with van der Waals surface area (Å²) in [6.45, 7) is 1.76. The first-order valence-corrected chi connectivity index (χ1v) is 9.25. The monoisotopic (exact) mass is 436 g/mol. The van der Waals surface area contributed by atoms with E-state index in [1.54, 1.807) is 13.1 Å². The van der Waals surface area contributed by atoms with Crippen molar-refractivity contribution in [3.63, 3.8) is 0 Å². The van der Waals surface area contributed by atoms with Crippen LogP contribution < -0.4 is 5.32 Å². The molecule has 2 unspecified atom stereocenters. The van der Waals surface area contributed by atoms with Gasteiger partial charge in [0.05, 0.1) is 29.0 Å². The third-order valence-electron chi connectivity index (χ3n) is 5.07. The summed E-state index contributed by atoms with van der Waals surface area (Å²) < 4.78 is 66.6. The normalized spacial score (nSPS) is 14.0. The number of alkyl halides is 3. The summed E-state index contributed by atoms with van der Waals surface area (Å²) in [5, 5.41) is 17.8. The van der Waals surface area contributed by atoms with E-state index >= 15 is 0 Å². The minimum absolute atomic E-state index is 0.361. The maximum atomic E-state index is 13.6. The number of nitrogens with one attached hydrogen (secondary N) is 2. The molecule has 0 saturated heterocycles. The second-order valence-electron chi connectivity index (χ2n) is 7.11. The summed E-state index contributed by atoms with van der Waals surface area (Å²) in [5.74, 6) is -2.00. The zero-order valence-electron chi connectivity index (χ0n) is 16.1. The summed E-state index contributed by atoms with van der Waals surface area (Å²) >= 11 is 0. The molecule has 2 heterocycles. The lowest BCUT2D eigenvalue weighted by atomic mass is 10.1. The molecule has 0 fully saturated rings. The molecule has 31 heavy (non-hydrogen) atoms. The molecule has 4 rings (SSSR count). The van der Waals surface area contributed by atoms with Crippen molar-refractivity contribution < 1.29 is 27.1 Å². The first-order chi connectivity index (χ1) is 14.6. The molecular weight excluding hydrogens is 419 g/mol. The number of aliphatic hydroxyl groups is 1. The van der Waals surface area contributed by atoms with Gasteiger partial charge in [-0.25, -0.2) is 8.78 Å². The molecule has 4 aromatic rings. The van der Waals surface area contributed by atoms with E-state index < -0.39 is 29.6 Å². The molecule has 2 aromatic heterocycles. The van der Waals surface area contributed by atoms with E-state index in [4.69, 9.17) is 0 Å². The van der Waals surface area contributed by atoms with Crippen LogP contribution in [0, 0.1) is 11.6 Å². The Kier molecular flexibility index (Phi) is 5.18. The van der Waals surface area contributed by atoms with Gasteiger partial charge in [0.25, 0.3) is 0 Å². The highest BCUT2D eigenvalue weighted by Crippen LogP contribution is 2.31. The molecule has 0 bridgehead atoms. The summed E-state index contributed by atoms with van der Waals surface area (Å²) in [5.41, 5.74) is 0.986. The average Bonchev–Trinajstić information content (AvgIpc) is 3.35. The lowest BCUT2D eigenvalue weighted by Gasteiger charge is -2.15. The van der Waals surface area contributed by atoms with Crippen LogP contribution in [0.3, 0.4) is 0 Å². The first kappa shape index (κ1) is 20.9. The van der Waals surface area contributed by atoms with Gasteiger partial charge in [-0.3, -0.25) is 4.68 Å². The Morgan fingerprint density at radius 1 is 1.06 bits per heavy atom. The molecule has 2 aromatic carbocycles. The van der Waals surface area contributed by atoms with E-state index in [1.165, 1.54) is 29.2 Å². The van der Waals surface area contributed by atoms with Crippen molar-refractivity contribution in [2.45, 2.75) is 25.4 Å². The molecule has 5 nitrogen and oxygen atoms in total. The number of benzene rings is 2. The van der Waals surface area contributed by atoms with Gasteiger partial charge in [-0.15, -0.1) is 0 Å². The third-order valence-corrected chi connectivity index (χ3v) is 5.07. The smallest absolute Gasteiger partial charge is 0.369 e. The fourth-order valence-corrected chi connectivity index (χ4v) is 3.28. The van der Waals surface area contributed by atoms with E-state index in [2.05, 4.69) is 15.4 Å². The Hall–Kier alpha value is -3.40. The number of halogens is 5. The van der Waals surface area contributed by atoms with Crippen molar-refractivity contribution >= 4 is 16.6 Å². The molecule has 2 atom stereocenters. The molecule has 10 heteroatoms. The number of aromatic nitrogens is 3. The Morgan fingerprint density at radius 3 is 2.42 bits per heavy atom. The van der Waals surface area contributed by atoms with E-state index in [-0.39, 0.29) is 6.04 Å². The van der Waals surface area contributed by atoms with Crippen molar-refractivity contribution in [2.24, 2.45) is 0 Å². The predicted molar refractivity (Wildman–Crippen MR) is 104 cm³/mol. The maximum absolute atomic E-state index is 13.6. The zero-order chi connectivity index (χ0) is 22.3. The minimum Gasteiger partial charge on any atom is -0.369 e. The second-order valence-corrected chi connectivity index (χ2v) is 7.11. The van der Waals surface area contributed by atoms with Crippen molar-refractivity contribution in [1.82, 2.24) is 14.8 Å². The number of hydrogen-bond acceptors (Lipinski definition) is 3. The highest BCUT2D eigenvalue weighted by atomic mass is 19.4. The minimum atomic E-state index is -4.41. The number of fused-ring (bicyclic) bond motifs is 1. The molecule has 0 amide bonds. The predicted octanol–water partition coefficient (Wildman–Crippen LogP) is 5.37. The average molecular weight is 436 g/mol. The van der Waals surface area contributed by atoms with Gasteiger partial charge in [0, 0.05) is 29.4 Å². The van der Waals surface area contributed by atoms with E-state index in [1.807, 2.05) is 0 Å². The number of H-pyrrole nitrogens is 1. The highest BCUT2D eigenvalue weighted by molar-refractivity contribution is 5.92. The largest absolute Gasteiger partial charge is 0.416 e. The van der Waals surface area contributed by atoms with Crippen molar-refractivity contribution in [3.8, 4) is 0 Å². The van der Waals surface area contributed by atoms with Gasteiger partial charge in [0.1, 0.15) is 0 Å². The maximum Gasteiger partial charge on any atom is 0.416 e. The van der Waals surface area contributed by atoms with E-state index in [9.17, 15) is 27.1 Å². The Morgan fingerprint density at radius 2 is 1.74 bits per heavy atom. The molecule has 0 aliphatic rings. The number of anilines is 1. The molecule has 3 N–H and O–H groups in total. The summed E-state index contributed by atoms with van der Waals surface area (Å²) in [6, 6.07) is 6.43. The lowest BCUT2D eigenvalue weighted by Crippen LogP contribution is -2.10. The summed E-state index contributed by atoms with van der Waals surface area (Å²) in [6.07, 6.45) is -1.18. The number of nitrogens with zero attached hydrogens (tertiary/aromatic N) is 2. The van der Waals surface area contributed by atoms with Gasteiger partial charge >= 0.3 is 6.18 Å². The number of aromatic amines is 1. The molecule has 0 saturated carbocycles.